The van der Waals surface area contributed by atoms with Gasteiger partial charge in [0.05, 0.1) is 36.4 Å². The second-order valence-electron chi connectivity index (χ2n) is 10.6. The largest absolute Gasteiger partial charge is 0.377 e. The van der Waals surface area contributed by atoms with Gasteiger partial charge in [-0.3, -0.25) is 18.9 Å². The fourth-order valence-corrected chi connectivity index (χ4v) is 6.01. The standard InChI is InChI=1S/C29H31ClF2N8O/c1-16-9-20(17(2)35-23-5-6-24(30)36-27(23)18-11-33-37(3)13-18)26-21(10-16)29(41)38(4)28-22(26)12-34-40(28)19-7-8-39(14-19)15-25(31)32/h5-6,9-13,17,19,25,35H,7-8,14-15H2,1-4H3/i4D3. The van der Waals surface area contributed by atoms with Crippen LogP contribution in [0, 0.1) is 6.92 Å². The van der Waals surface area contributed by atoms with E-state index in [0.717, 1.165) is 21.3 Å². The molecule has 1 aliphatic heterocycles. The molecular weight excluding hydrogens is 550 g/mol. The maximum absolute atomic E-state index is 14.0. The lowest BCUT2D eigenvalue weighted by molar-refractivity contribution is 0.0979. The first-order valence-corrected chi connectivity index (χ1v) is 13.7. The molecule has 214 valence electrons. The topological polar surface area (TPSA) is 85.8 Å². The fourth-order valence-electron chi connectivity index (χ4n) is 5.86. The summed E-state index contributed by atoms with van der Waals surface area (Å²) in [6.07, 6.45) is 3.11. The van der Waals surface area contributed by atoms with Gasteiger partial charge in [0, 0.05) is 65.2 Å². The van der Waals surface area contributed by atoms with Crippen molar-refractivity contribution in [3.05, 3.63) is 69.5 Å². The summed E-state index contributed by atoms with van der Waals surface area (Å²) >= 11 is 6.25. The summed E-state index contributed by atoms with van der Waals surface area (Å²) in [6.45, 7) is 1.31. The zero-order chi connectivity index (χ0) is 31.5. The lowest BCUT2D eigenvalue weighted by atomic mass is 9.95. The number of hydrogen-bond donors (Lipinski definition) is 1. The Labute approximate surface area is 244 Å². The van der Waals surface area contributed by atoms with Gasteiger partial charge in [-0.05, 0) is 49.6 Å². The molecule has 12 heteroatoms. The van der Waals surface area contributed by atoms with Crippen LogP contribution in [0.15, 0.2) is 47.7 Å². The monoisotopic (exact) mass is 583 g/mol. The van der Waals surface area contributed by atoms with Crippen LogP contribution in [-0.2, 0) is 14.0 Å². The summed E-state index contributed by atoms with van der Waals surface area (Å²) < 4.78 is 55.1. The molecule has 1 N–H and O–H groups in total. The molecule has 5 heterocycles. The third kappa shape index (κ3) is 4.97. The van der Waals surface area contributed by atoms with Crippen molar-refractivity contribution in [3.63, 3.8) is 0 Å². The maximum atomic E-state index is 14.0. The fraction of sp³-hybridized carbons (Fsp3) is 0.379. The minimum Gasteiger partial charge on any atom is -0.377 e. The molecule has 0 aliphatic carbocycles. The highest BCUT2D eigenvalue weighted by atomic mass is 35.5. The number of hydrogen-bond acceptors (Lipinski definition) is 6. The number of halogens is 3. The smallest absolute Gasteiger partial charge is 0.259 e. The van der Waals surface area contributed by atoms with Crippen molar-refractivity contribution in [2.45, 2.75) is 38.8 Å². The molecule has 41 heavy (non-hydrogen) atoms. The molecule has 2 atom stereocenters. The number of nitrogens with zero attached hydrogens (tertiary/aromatic N) is 7. The predicted octanol–water partition coefficient (Wildman–Crippen LogP) is 5.33. The molecule has 1 aromatic carbocycles. The van der Waals surface area contributed by atoms with E-state index in [4.69, 9.17) is 15.7 Å². The van der Waals surface area contributed by atoms with Crippen LogP contribution in [0.2, 0.25) is 5.15 Å². The first-order chi connectivity index (χ1) is 20.8. The number of rotatable bonds is 7. The molecule has 1 aliphatic rings. The Morgan fingerprint density at radius 1 is 1.22 bits per heavy atom. The molecule has 4 aromatic heterocycles. The Bertz CT molecular complexity index is 1940. The number of pyridine rings is 2. The number of anilines is 1. The molecule has 0 spiro atoms. The average molecular weight is 584 g/mol. The lowest BCUT2D eigenvalue weighted by Crippen LogP contribution is -2.28. The van der Waals surface area contributed by atoms with E-state index in [-0.39, 0.29) is 36.2 Å². The van der Waals surface area contributed by atoms with E-state index in [1.54, 1.807) is 34.1 Å². The van der Waals surface area contributed by atoms with E-state index in [0.29, 0.717) is 40.3 Å². The quantitative estimate of drug-likeness (QED) is 0.261. The predicted molar refractivity (Wildman–Crippen MR) is 157 cm³/mol. The molecule has 0 amide bonds. The minimum atomic E-state index is -2.80. The summed E-state index contributed by atoms with van der Waals surface area (Å²) in [4.78, 5) is 20.2. The van der Waals surface area contributed by atoms with E-state index >= 15 is 0 Å². The first kappa shape index (κ1) is 23.8. The zero-order valence-corrected chi connectivity index (χ0v) is 23.5. The number of fused-ring (bicyclic) bond motifs is 3. The van der Waals surface area contributed by atoms with Crippen molar-refractivity contribution in [2.75, 3.05) is 25.0 Å². The van der Waals surface area contributed by atoms with Gasteiger partial charge in [-0.2, -0.15) is 10.2 Å². The van der Waals surface area contributed by atoms with Gasteiger partial charge in [-0.15, -0.1) is 0 Å². The lowest BCUT2D eigenvalue weighted by Gasteiger charge is -2.21. The number of aromatic nitrogens is 6. The van der Waals surface area contributed by atoms with E-state index in [1.165, 1.54) is 4.68 Å². The molecule has 0 radical (unpaired) electrons. The van der Waals surface area contributed by atoms with E-state index in [1.807, 2.05) is 39.2 Å². The maximum Gasteiger partial charge on any atom is 0.259 e. The van der Waals surface area contributed by atoms with Gasteiger partial charge in [0.15, 0.2) is 0 Å². The zero-order valence-electron chi connectivity index (χ0n) is 25.8. The molecule has 2 unspecified atom stereocenters. The van der Waals surface area contributed by atoms with Gasteiger partial charge < -0.3 is 5.32 Å². The molecule has 0 saturated carbocycles. The number of likely N-dealkylation sites (tertiary alicyclic amines) is 1. The molecule has 1 fully saturated rings. The van der Waals surface area contributed by atoms with Crippen LogP contribution in [0.4, 0.5) is 14.5 Å². The Morgan fingerprint density at radius 3 is 2.78 bits per heavy atom. The second-order valence-corrected chi connectivity index (χ2v) is 11.0. The summed E-state index contributed by atoms with van der Waals surface area (Å²) in [5.41, 5.74) is 3.08. The van der Waals surface area contributed by atoms with Gasteiger partial charge in [-0.1, -0.05) is 17.7 Å². The number of alkyl halides is 2. The molecule has 5 aromatic rings. The molecule has 6 rings (SSSR count). The van der Waals surface area contributed by atoms with Crippen molar-refractivity contribution in [2.24, 2.45) is 14.0 Å². The van der Waals surface area contributed by atoms with Crippen molar-refractivity contribution in [1.29, 1.82) is 0 Å². The van der Waals surface area contributed by atoms with Crippen LogP contribution < -0.4 is 10.9 Å². The molecule has 0 bridgehead atoms. The average Bonchev–Trinajstić information content (AvgIpc) is 3.68. The van der Waals surface area contributed by atoms with Crippen LogP contribution >= 0.6 is 11.6 Å². The molecule has 9 nitrogen and oxygen atoms in total. The Morgan fingerprint density at radius 2 is 2.05 bits per heavy atom. The summed E-state index contributed by atoms with van der Waals surface area (Å²) in [7, 11) is 1.81. The van der Waals surface area contributed by atoms with E-state index < -0.39 is 19.0 Å². The Kier molecular flexibility index (Phi) is 6.12. The van der Waals surface area contributed by atoms with Gasteiger partial charge >= 0.3 is 0 Å². The molecule has 1 saturated heterocycles. The minimum absolute atomic E-state index is 0.146. The summed E-state index contributed by atoms with van der Waals surface area (Å²) in [5.74, 6) is 0. The number of nitrogens with one attached hydrogen (secondary N) is 1. The van der Waals surface area contributed by atoms with Gasteiger partial charge in [0.2, 0.25) is 0 Å². The normalized spacial score (nSPS) is 18.2. The Hall–Kier alpha value is -3.83. The highest BCUT2D eigenvalue weighted by Crippen LogP contribution is 2.36. The van der Waals surface area contributed by atoms with Crippen molar-refractivity contribution >= 4 is 39.1 Å². The van der Waals surface area contributed by atoms with Crippen LogP contribution in [0.5, 0.6) is 0 Å². The van der Waals surface area contributed by atoms with Gasteiger partial charge in [0.1, 0.15) is 10.8 Å². The third-order valence-corrected chi connectivity index (χ3v) is 7.88. The second kappa shape index (κ2) is 10.5. The van der Waals surface area contributed by atoms with Crippen LogP contribution in [0.3, 0.4) is 0 Å². The van der Waals surface area contributed by atoms with Crippen LogP contribution in [0.25, 0.3) is 33.1 Å². The molecular formula is C29H31ClF2N8O. The van der Waals surface area contributed by atoms with Crippen molar-refractivity contribution < 1.29 is 12.9 Å². The number of aryl methyl sites for hydroxylation is 3. The highest BCUT2D eigenvalue weighted by Gasteiger charge is 2.29. The van der Waals surface area contributed by atoms with Crippen molar-refractivity contribution in [3.8, 4) is 11.3 Å². The highest BCUT2D eigenvalue weighted by molar-refractivity contribution is 6.29. The van der Waals surface area contributed by atoms with Gasteiger partial charge in [-0.25, -0.2) is 18.4 Å². The number of benzene rings is 1. The van der Waals surface area contributed by atoms with E-state index in [2.05, 4.69) is 20.5 Å². The van der Waals surface area contributed by atoms with Crippen molar-refractivity contribution in [1.82, 2.24) is 34.0 Å². The summed E-state index contributed by atoms with van der Waals surface area (Å²) in [5, 5.41) is 14.0. The van der Waals surface area contributed by atoms with Crippen LogP contribution in [-0.4, -0.2) is 60.1 Å². The van der Waals surface area contributed by atoms with Gasteiger partial charge in [0.25, 0.3) is 12.0 Å². The first-order valence-electron chi connectivity index (χ1n) is 14.8. The Balaban J connectivity index is 1.52. The summed E-state index contributed by atoms with van der Waals surface area (Å²) in [6, 6.07) is 6.41. The SMILES string of the molecule is [2H]C([2H])([2H])n1c(=O)c2cc(C)cc(C(C)Nc3ccc(Cl)nc3-c3cnn(C)c3)c2c2cnn(C3CCN(CC(F)F)C3)c21. The third-order valence-electron chi connectivity index (χ3n) is 7.66. The van der Waals surface area contributed by atoms with E-state index in [9.17, 15) is 13.6 Å². The van der Waals surface area contributed by atoms with Crippen LogP contribution in [0.1, 0.15) is 40.7 Å².